The molecule has 0 unspecified atom stereocenters. The molecule has 0 spiro atoms. The minimum atomic E-state index is -3.02. The third-order valence-corrected chi connectivity index (χ3v) is 3.57. The fourth-order valence-corrected chi connectivity index (χ4v) is 2.26. The first-order chi connectivity index (χ1) is 9.78. The molecule has 7 heteroatoms. The molecule has 1 amide bonds. The van der Waals surface area contributed by atoms with Crippen LogP contribution in [-0.4, -0.2) is 44.0 Å². The highest BCUT2D eigenvalue weighted by Gasteiger charge is 2.06. The van der Waals surface area contributed by atoms with Gasteiger partial charge in [-0.25, -0.2) is 13.2 Å². The molecule has 114 valence electrons. The lowest BCUT2D eigenvalue weighted by molar-refractivity contribution is -0.131. The Morgan fingerprint density at radius 2 is 2.05 bits per heavy atom. The second-order valence-electron chi connectivity index (χ2n) is 4.54. The molecule has 1 rings (SSSR count). The lowest BCUT2D eigenvalue weighted by atomic mass is 10.1. The van der Waals surface area contributed by atoms with Crippen molar-refractivity contribution in [1.29, 1.82) is 0 Å². The van der Waals surface area contributed by atoms with Crippen molar-refractivity contribution in [3.05, 3.63) is 41.5 Å². The summed E-state index contributed by atoms with van der Waals surface area (Å²) < 4.78 is 21.9. The summed E-state index contributed by atoms with van der Waals surface area (Å²) in [6.07, 6.45) is 3.88. The number of amides is 1. The Bertz CT molecular complexity index is 649. The van der Waals surface area contributed by atoms with E-state index in [-0.39, 0.29) is 18.2 Å². The lowest BCUT2D eigenvalue weighted by Gasteiger charge is -2.05. The van der Waals surface area contributed by atoms with Gasteiger partial charge in [0.1, 0.15) is 9.84 Å². The molecule has 1 aromatic carbocycles. The Labute approximate surface area is 123 Å². The van der Waals surface area contributed by atoms with Crippen LogP contribution >= 0.6 is 0 Å². The summed E-state index contributed by atoms with van der Waals surface area (Å²) in [6, 6.07) is 6.49. The van der Waals surface area contributed by atoms with Crippen molar-refractivity contribution >= 4 is 27.8 Å². The van der Waals surface area contributed by atoms with Crippen molar-refractivity contribution in [3.63, 3.8) is 0 Å². The fourth-order valence-electron chi connectivity index (χ4n) is 1.59. The average Bonchev–Trinajstić information content (AvgIpc) is 2.40. The quantitative estimate of drug-likeness (QED) is 0.577. The standard InChI is InChI=1S/C14H17NO5S/c1-21(19,20)9-3-8-15-14(18)12-5-2-4-11(10-12)6-7-13(16)17/h2,4-7,10H,3,8-9H2,1H3,(H,15,18)(H,16,17). The van der Waals surface area contributed by atoms with Gasteiger partial charge in [-0.3, -0.25) is 4.79 Å². The number of carbonyl (C=O) groups is 2. The van der Waals surface area contributed by atoms with Crippen LogP contribution in [0.25, 0.3) is 6.08 Å². The molecule has 0 heterocycles. The zero-order valence-electron chi connectivity index (χ0n) is 11.6. The maximum Gasteiger partial charge on any atom is 0.328 e. The van der Waals surface area contributed by atoms with Crippen molar-refractivity contribution < 1.29 is 23.1 Å². The van der Waals surface area contributed by atoms with E-state index in [1.807, 2.05) is 0 Å². The summed E-state index contributed by atoms with van der Waals surface area (Å²) >= 11 is 0. The van der Waals surface area contributed by atoms with Gasteiger partial charge in [0.25, 0.3) is 5.91 Å². The van der Waals surface area contributed by atoms with Crippen molar-refractivity contribution in [3.8, 4) is 0 Å². The number of nitrogens with one attached hydrogen (secondary N) is 1. The van der Waals surface area contributed by atoms with Crippen LogP contribution in [0.4, 0.5) is 0 Å². The summed E-state index contributed by atoms with van der Waals surface area (Å²) in [7, 11) is -3.02. The molecule has 0 bridgehead atoms. The van der Waals surface area contributed by atoms with E-state index in [0.29, 0.717) is 17.5 Å². The van der Waals surface area contributed by atoms with Crippen LogP contribution in [0.15, 0.2) is 30.3 Å². The summed E-state index contributed by atoms with van der Waals surface area (Å²) in [6.45, 7) is 0.265. The SMILES string of the molecule is CS(=O)(=O)CCCNC(=O)c1cccc(C=CC(=O)O)c1. The van der Waals surface area contributed by atoms with Gasteiger partial charge in [0.05, 0.1) is 5.75 Å². The van der Waals surface area contributed by atoms with E-state index in [9.17, 15) is 18.0 Å². The fraction of sp³-hybridized carbons (Fsp3) is 0.286. The molecule has 1 aromatic rings. The minimum absolute atomic E-state index is 0.0225. The molecule has 0 atom stereocenters. The molecule has 0 fully saturated rings. The monoisotopic (exact) mass is 311 g/mol. The minimum Gasteiger partial charge on any atom is -0.478 e. The number of rotatable bonds is 7. The van der Waals surface area contributed by atoms with Gasteiger partial charge in [0, 0.05) is 24.4 Å². The van der Waals surface area contributed by atoms with Crippen molar-refractivity contribution in [2.75, 3.05) is 18.6 Å². The Kier molecular flexibility index (Phi) is 6.10. The Balaban J connectivity index is 2.58. The van der Waals surface area contributed by atoms with Crippen LogP contribution in [0.2, 0.25) is 0 Å². The number of hydrogen-bond donors (Lipinski definition) is 2. The van der Waals surface area contributed by atoms with E-state index < -0.39 is 15.8 Å². The van der Waals surface area contributed by atoms with Crippen molar-refractivity contribution in [1.82, 2.24) is 5.32 Å². The highest BCUT2D eigenvalue weighted by atomic mass is 32.2. The van der Waals surface area contributed by atoms with Crippen LogP contribution in [-0.2, 0) is 14.6 Å². The largest absolute Gasteiger partial charge is 0.478 e. The molecular formula is C14H17NO5S. The number of carboxylic acid groups (broad SMARTS) is 1. The van der Waals surface area contributed by atoms with E-state index in [1.165, 1.54) is 6.08 Å². The molecule has 21 heavy (non-hydrogen) atoms. The number of aliphatic carboxylic acids is 1. The second-order valence-corrected chi connectivity index (χ2v) is 6.80. The zero-order chi connectivity index (χ0) is 15.9. The normalized spacial score (nSPS) is 11.5. The topological polar surface area (TPSA) is 101 Å². The zero-order valence-corrected chi connectivity index (χ0v) is 12.4. The average molecular weight is 311 g/mol. The van der Waals surface area contributed by atoms with Gasteiger partial charge in [-0.05, 0) is 30.2 Å². The summed E-state index contributed by atoms with van der Waals surface area (Å²) in [5.41, 5.74) is 0.989. The number of carbonyl (C=O) groups excluding carboxylic acids is 1. The summed E-state index contributed by atoms with van der Waals surface area (Å²) in [5.74, 6) is -1.37. The van der Waals surface area contributed by atoms with E-state index in [1.54, 1.807) is 24.3 Å². The van der Waals surface area contributed by atoms with Crippen LogP contribution in [0.1, 0.15) is 22.3 Å². The van der Waals surface area contributed by atoms with E-state index >= 15 is 0 Å². The molecule has 0 radical (unpaired) electrons. The maximum absolute atomic E-state index is 11.9. The van der Waals surface area contributed by atoms with Crippen molar-refractivity contribution in [2.45, 2.75) is 6.42 Å². The predicted octanol–water partition coefficient (Wildman–Crippen LogP) is 0.949. The molecule has 0 aliphatic rings. The van der Waals surface area contributed by atoms with Crippen LogP contribution in [0, 0.1) is 0 Å². The summed E-state index contributed by atoms with van der Waals surface area (Å²) in [4.78, 5) is 22.3. The van der Waals surface area contributed by atoms with Gasteiger partial charge in [-0.15, -0.1) is 0 Å². The second kappa shape index (κ2) is 7.58. The van der Waals surface area contributed by atoms with E-state index in [0.717, 1.165) is 12.3 Å². The van der Waals surface area contributed by atoms with Crippen LogP contribution < -0.4 is 5.32 Å². The predicted molar refractivity (Wildman–Crippen MR) is 79.8 cm³/mol. The smallest absolute Gasteiger partial charge is 0.328 e. The Morgan fingerprint density at radius 1 is 1.33 bits per heavy atom. The molecule has 0 saturated carbocycles. The number of sulfone groups is 1. The Morgan fingerprint density at radius 3 is 2.67 bits per heavy atom. The van der Waals surface area contributed by atoms with Gasteiger partial charge in [0.2, 0.25) is 0 Å². The van der Waals surface area contributed by atoms with Gasteiger partial charge in [-0.1, -0.05) is 12.1 Å². The molecule has 2 N–H and O–H groups in total. The number of benzene rings is 1. The highest BCUT2D eigenvalue weighted by Crippen LogP contribution is 2.07. The number of hydrogen-bond acceptors (Lipinski definition) is 4. The third-order valence-electron chi connectivity index (χ3n) is 2.54. The molecule has 6 nitrogen and oxygen atoms in total. The van der Waals surface area contributed by atoms with Crippen molar-refractivity contribution in [2.24, 2.45) is 0 Å². The van der Waals surface area contributed by atoms with Gasteiger partial charge < -0.3 is 10.4 Å². The van der Waals surface area contributed by atoms with E-state index in [4.69, 9.17) is 5.11 Å². The maximum atomic E-state index is 11.9. The first-order valence-corrected chi connectivity index (χ1v) is 8.31. The van der Waals surface area contributed by atoms with Gasteiger partial charge in [0.15, 0.2) is 0 Å². The first kappa shape index (κ1) is 16.9. The van der Waals surface area contributed by atoms with Crippen LogP contribution in [0.5, 0.6) is 0 Å². The molecule has 0 aliphatic carbocycles. The van der Waals surface area contributed by atoms with Gasteiger partial charge >= 0.3 is 5.97 Å². The van der Waals surface area contributed by atoms with Crippen LogP contribution in [0.3, 0.4) is 0 Å². The summed E-state index contributed by atoms with van der Waals surface area (Å²) in [5, 5.41) is 11.2. The third kappa shape index (κ3) is 7.26. The molecule has 0 aromatic heterocycles. The molecule has 0 aliphatic heterocycles. The lowest BCUT2D eigenvalue weighted by Crippen LogP contribution is -2.25. The highest BCUT2D eigenvalue weighted by molar-refractivity contribution is 7.90. The molecule has 0 saturated heterocycles. The van der Waals surface area contributed by atoms with E-state index in [2.05, 4.69) is 5.32 Å². The molecular weight excluding hydrogens is 294 g/mol. The van der Waals surface area contributed by atoms with Gasteiger partial charge in [-0.2, -0.15) is 0 Å². The number of carboxylic acids is 1. The Hall–Kier alpha value is -2.15. The first-order valence-electron chi connectivity index (χ1n) is 6.25.